The minimum absolute atomic E-state index is 0.304. The predicted octanol–water partition coefficient (Wildman–Crippen LogP) is 1.42. The third kappa shape index (κ3) is 2.48. The Morgan fingerprint density at radius 1 is 1.32 bits per heavy atom. The molecular weight excluding hydrogens is 264 g/mol. The number of rotatable bonds is 5. The molecule has 1 aliphatic rings. The van der Waals surface area contributed by atoms with E-state index >= 15 is 0 Å². The summed E-state index contributed by atoms with van der Waals surface area (Å²) >= 11 is 6.49. The minimum Gasteiger partial charge on any atom is -0.386 e. The average molecular weight is 279 g/mol. The van der Waals surface area contributed by atoms with Crippen molar-refractivity contribution in [1.29, 1.82) is 0 Å². The molecule has 1 aromatic heterocycles. The number of nitrogens with zero attached hydrogens (tertiary/aromatic N) is 4. The lowest BCUT2D eigenvalue weighted by molar-refractivity contribution is 0.00724. The standard InChI is InChI=1S/C13H15ClN4O/c14-12(6-7-12)13(19,9-18-10-15-16-17-18)8-11-4-2-1-3-5-11/h1-5,10,19H,6-9H2. The van der Waals surface area contributed by atoms with Gasteiger partial charge in [0, 0.05) is 6.42 Å². The molecule has 0 bridgehead atoms. The van der Waals surface area contributed by atoms with Gasteiger partial charge in [0.2, 0.25) is 0 Å². The van der Waals surface area contributed by atoms with Gasteiger partial charge >= 0.3 is 0 Å². The quantitative estimate of drug-likeness (QED) is 0.840. The van der Waals surface area contributed by atoms with E-state index in [1.165, 1.54) is 11.0 Å². The summed E-state index contributed by atoms with van der Waals surface area (Å²) in [5.41, 5.74) is 0.0238. The molecule has 0 spiro atoms. The van der Waals surface area contributed by atoms with Crippen molar-refractivity contribution in [1.82, 2.24) is 20.2 Å². The fraction of sp³-hybridized carbons (Fsp3) is 0.462. The summed E-state index contributed by atoms with van der Waals surface area (Å²) in [5, 5.41) is 22.0. The van der Waals surface area contributed by atoms with Crippen LogP contribution < -0.4 is 0 Å². The molecule has 1 aliphatic carbocycles. The molecular formula is C13H15ClN4O. The van der Waals surface area contributed by atoms with Crippen LogP contribution in [0, 0.1) is 0 Å². The molecule has 5 nitrogen and oxygen atoms in total. The number of hydrogen-bond acceptors (Lipinski definition) is 4. The fourth-order valence-corrected chi connectivity index (χ4v) is 2.61. The summed E-state index contributed by atoms with van der Waals surface area (Å²) in [5.74, 6) is 0. The van der Waals surface area contributed by atoms with Crippen molar-refractivity contribution in [3.8, 4) is 0 Å². The summed E-state index contributed by atoms with van der Waals surface area (Å²) < 4.78 is 1.53. The molecule has 1 heterocycles. The third-order valence-electron chi connectivity index (χ3n) is 3.68. The predicted molar refractivity (Wildman–Crippen MR) is 70.7 cm³/mol. The highest BCUT2D eigenvalue weighted by Crippen LogP contribution is 2.52. The van der Waals surface area contributed by atoms with Gasteiger partial charge in [0.05, 0.1) is 11.4 Å². The first-order valence-corrected chi connectivity index (χ1v) is 6.65. The second kappa shape index (κ2) is 4.58. The van der Waals surface area contributed by atoms with E-state index in [1.807, 2.05) is 30.3 Å². The van der Waals surface area contributed by atoms with E-state index in [1.54, 1.807) is 0 Å². The van der Waals surface area contributed by atoms with Gasteiger partial charge in [-0.3, -0.25) is 0 Å². The molecule has 100 valence electrons. The van der Waals surface area contributed by atoms with Gasteiger partial charge in [0.15, 0.2) is 0 Å². The van der Waals surface area contributed by atoms with E-state index in [2.05, 4.69) is 15.5 Å². The minimum atomic E-state index is -1.04. The average Bonchev–Trinajstić information content (AvgIpc) is 2.97. The van der Waals surface area contributed by atoms with E-state index in [0.29, 0.717) is 13.0 Å². The summed E-state index contributed by atoms with van der Waals surface area (Å²) in [7, 11) is 0. The number of tetrazole rings is 1. The number of alkyl halides is 1. The second-order valence-corrected chi connectivity index (χ2v) is 5.89. The van der Waals surface area contributed by atoms with Crippen LogP contribution >= 0.6 is 11.6 Å². The van der Waals surface area contributed by atoms with Crippen LogP contribution in [-0.2, 0) is 13.0 Å². The van der Waals surface area contributed by atoms with Gasteiger partial charge in [0.1, 0.15) is 11.9 Å². The molecule has 1 aromatic carbocycles. The van der Waals surface area contributed by atoms with Crippen LogP contribution in [0.15, 0.2) is 36.7 Å². The van der Waals surface area contributed by atoms with Crippen molar-refractivity contribution in [2.24, 2.45) is 0 Å². The summed E-state index contributed by atoms with van der Waals surface area (Å²) in [4.78, 5) is -0.561. The highest BCUT2D eigenvalue weighted by atomic mass is 35.5. The molecule has 6 heteroatoms. The van der Waals surface area contributed by atoms with E-state index in [0.717, 1.165) is 18.4 Å². The largest absolute Gasteiger partial charge is 0.386 e. The lowest BCUT2D eigenvalue weighted by atomic mass is 9.89. The molecule has 1 N–H and O–H groups in total. The van der Waals surface area contributed by atoms with Gasteiger partial charge in [-0.1, -0.05) is 30.3 Å². The van der Waals surface area contributed by atoms with Crippen molar-refractivity contribution >= 4 is 11.6 Å². The SMILES string of the molecule is OC(Cc1ccccc1)(Cn1cnnn1)C1(Cl)CC1. The molecule has 1 atom stereocenters. The molecule has 19 heavy (non-hydrogen) atoms. The van der Waals surface area contributed by atoms with Gasteiger partial charge in [0.25, 0.3) is 0 Å². The van der Waals surface area contributed by atoms with Crippen LogP contribution in [0.4, 0.5) is 0 Å². The lowest BCUT2D eigenvalue weighted by Gasteiger charge is -2.32. The zero-order chi connectivity index (χ0) is 13.3. The molecule has 1 saturated carbocycles. The molecule has 1 fully saturated rings. The summed E-state index contributed by atoms with van der Waals surface area (Å²) in [6.45, 7) is 0.304. The van der Waals surface area contributed by atoms with Gasteiger partial charge in [-0.25, -0.2) is 4.68 Å². The van der Waals surface area contributed by atoms with Gasteiger partial charge in [-0.05, 0) is 28.8 Å². The zero-order valence-electron chi connectivity index (χ0n) is 10.4. The van der Waals surface area contributed by atoms with E-state index in [9.17, 15) is 5.11 Å². The highest BCUT2D eigenvalue weighted by Gasteiger charge is 2.57. The highest BCUT2D eigenvalue weighted by molar-refractivity contribution is 6.26. The molecule has 3 rings (SSSR count). The number of aliphatic hydroxyl groups is 1. The van der Waals surface area contributed by atoms with Gasteiger partial charge in [-0.15, -0.1) is 16.7 Å². The smallest absolute Gasteiger partial charge is 0.138 e. The molecule has 0 saturated heterocycles. The fourth-order valence-electron chi connectivity index (χ4n) is 2.39. The second-order valence-electron chi connectivity index (χ2n) is 5.17. The van der Waals surface area contributed by atoms with E-state index in [4.69, 9.17) is 11.6 Å². The first-order valence-electron chi connectivity index (χ1n) is 6.27. The van der Waals surface area contributed by atoms with Crippen molar-refractivity contribution in [2.75, 3.05) is 0 Å². The van der Waals surface area contributed by atoms with Crippen LogP contribution in [0.25, 0.3) is 0 Å². The van der Waals surface area contributed by atoms with Crippen LogP contribution in [0.3, 0.4) is 0 Å². The number of halogens is 1. The maximum Gasteiger partial charge on any atom is 0.138 e. The molecule has 1 unspecified atom stereocenters. The number of benzene rings is 1. The normalized spacial score (nSPS) is 19.9. The van der Waals surface area contributed by atoms with Crippen LogP contribution in [0.2, 0.25) is 0 Å². The monoisotopic (exact) mass is 278 g/mol. The Morgan fingerprint density at radius 3 is 2.63 bits per heavy atom. The van der Waals surface area contributed by atoms with E-state index < -0.39 is 10.5 Å². The lowest BCUT2D eigenvalue weighted by Crippen LogP contribution is -2.47. The number of aromatic nitrogens is 4. The Kier molecular flexibility index (Phi) is 3.03. The molecule has 0 radical (unpaired) electrons. The number of hydrogen-bond donors (Lipinski definition) is 1. The first-order chi connectivity index (χ1) is 9.11. The summed E-state index contributed by atoms with van der Waals surface area (Å²) in [6.07, 6.45) is 3.63. The first kappa shape index (κ1) is 12.6. The summed E-state index contributed by atoms with van der Waals surface area (Å²) in [6, 6.07) is 9.86. The van der Waals surface area contributed by atoms with Crippen molar-refractivity contribution in [3.63, 3.8) is 0 Å². The Hall–Kier alpha value is -1.46. The van der Waals surface area contributed by atoms with Gasteiger partial charge in [-0.2, -0.15) is 0 Å². The maximum absolute atomic E-state index is 11.0. The zero-order valence-corrected chi connectivity index (χ0v) is 11.2. The maximum atomic E-state index is 11.0. The topological polar surface area (TPSA) is 63.8 Å². The van der Waals surface area contributed by atoms with Gasteiger partial charge < -0.3 is 5.11 Å². The Morgan fingerprint density at radius 2 is 2.05 bits per heavy atom. The van der Waals surface area contributed by atoms with Crippen LogP contribution in [0.1, 0.15) is 18.4 Å². The molecule has 2 aromatic rings. The van der Waals surface area contributed by atoms with E-state index in [-0.39, 0.29) is 0 Å². The van der Waals surface area contributed by atoms with Crippen molar-refractivity contribution in [2.45, 2.75) is 36.3 Å². The Balaban J connectivity index is 1.85. The van der Waals surface area contributed by atoms with Crippen molar-refractivity contribution in [3.05, 3.63) is 42.2 Å². The van der Waals surface area contributed by atoms with Crippen molar-refractivity contribution < 1.29 is 5.11 Å². The van der Waals surface area contributed by atoms with Crippen LogP contribution in [0.5, 0.6) is 0 Å². The van der Waals surface area contributed by atoms with Crippen LogP contribution in [-0.4, -0.2) is 35.8 Å². The Bertz CT molecular complexity index is 541. The molecule has 0 aliphatic heterocycles. The third-order valence-corrected chi connectivity index (χ3v) is 4.41. The molecule has 0 amide bonds. The Labute approximate surface area is 116 Å².